The van der Waals surface area contributed by atoms with Crippen molar-refractivity contribution in [2.24, 2.45) is 0 Å². The second-order valence-corrected chi connectivity index (χ2v) is 6.31. The lowest BCUT2D eigenvalue weighted by Crippen LogP contribution is -2.13. The number of halogens is 2. The van der Waals surface area contributed by atoms with Crippen LogP contribution < -0.4 is 0 Å². The maximum atomic E-state index is 12.5. The van der Waals surface area contributed by atoms with Crippen molar-refractivity contribution in [2.45, 2.75) is 13.8 Å². The Labute approximate surface area is 155 Å². The average Bonchev–Trinajstić information content (AvgIpc) is 2.93. The quantitative estimate of drug-likeness (QED) is 0.579. The minimum atomic E-state index is -0.423. The molecule has 0 aliphatic carbocycles. The molecular weight excluding hydrogens is 359 g/mol. The van der Waals surface area contributed by atoms with Crippen LogP contribution in [0.4, 0.5) is 0 Å². The summed E-state index contributed by atoms with van der Waals surface area (Å²) in [4.78, 5) is 12.5. The van der Waals surface area contributed by atoms with Gasteiger partial charge in [-0.2, -0.15) is 5.10 Å². The smallest absolute Gasteiger partial charge is 0.357 e. The maximum absolute atomic E-state index is 12.5. The van der Waals surface area contributed by atoms with E-state index in [-0.39, 0.29) is 6.61 Å². The molecule has 0 unspecified atom stereocenters. The standard InChI is InChI=1S/C19H16Cl2N2O2/c1-3-25-19(24)18-12(2)17(13-7-9-14(20)10-8-13)22-23(18)16-6-4-5-15(21)11-16/h4-11H,3H2,1-2H3. The van der Waals surface area contributed by atoms with Crippen molar-refractivity contribution < 1.29 is 9.53 Å². The highest BCUT2D eigenvalue weighted by atomic mass is 35.5. The zero-order chi connectivity index (χ0) is 18.0. The number of hydrogen-bond donors (Lipinski definition) is 0. The molecule has 0 aliphatic rings. The normalized spacial score (nSPS) is 10.7. The summed E-state index contributed by atoms with van der Waals surface area (Å²) < 4.78 is 6.79. The van der Waals surface area contributed by atoms with Crippen molar-refractivity contribution in [3.8, 4) is 16.9 Å². The van der Waals surface area contributed by atoms with E-state index in [1.807, 2.05) is 31.2 Å². The first-order valence-corrected chi connectivity index (χ1v) is 8.55. The minimum Gasteiger partial charge on any atom is -0.461 e. The Bertz CT molecular complexity index is 918. The first-order chi connectivity index (χ1) is 12.0. The molecule has 0 spiro atoms. The third-order valence-corrected chi connectivity index (χ3v) is 4.25. The number of nitrogens with zero attached hydrogens (tertiary/aromatic N) is 2. The predicted molar refractivity (Wildman–Crippen MR) is 99.7 cm³/mol. The summed E-state index contributed by atoms with van der Waals surface area (Å²) in [6, 6.07) is 14.5. The molecule has 0 bridgehead atoms. The van der Waals surface area contributed by atoms with Gasteiger partial charge in [0.2, 0.25) is 0 Å². The van der Waals surface area contributed by atoms with Crippen molar-refractivity contribution in [1.82, 2.24) is 9.78 Å². The third-order valence-electron chi connectivity index (χ3n) is 3.76. The molecule has 0 radical (unpaired) electrons. The highest BCUT2D eigenvalue weighted by molar-refractivity contribution is 6.31. The number of carbonyl (C=O) groups is 1. The fourth-order valence-corrected chi connectivity index (χ4v) is 2.92. The second kappa shape index (κ2) is 7.30. The van der Waals surface area contributed by atoms with Crippen LogP contribution in [-0.4, -0.2) is 22.4 Å². The molecule has 6 heteroatoms. The highest BCUT2D eigenvalue weighted by Crippen LogP contribution is 2.29. The predicted octanol–water partition coefficient (Wildman–Crippen LogP) is 5.33. The highest BCUT2D eigenvalue weighted by Gasteiger charge is 2.23. The molecule has 0 saturated carbocycles. The van der Waals surface area contributed by atoms with Gasteiger partial charge in [-0.05, 0) is 44.2 Å². The minimum absolute atomic E-state index is 0.287. The summed E-state index contributed by atoms with van der Waals surface area (Å²) in [7, 11) is 0. The van der Waals surface area contributed by atoms with Gasteiger partial charge < -0.3 is 4.74 Å². The van der Waals surface area contributed by atoms with Crippen molar-refractivity contribution in [2.75, 3.05) is 6.61 Å². The van der Waals surface area contributed by atoms with Gasteiger partial charge in [-0.1, -0.05) is 41.4 Å². The zero-order valence-corrected chi connectivity index (χ0v) is 15.3. The van der Waals surface area contributed by atoms with Crippen LogP contribution in [0, 0.1) is 6.92 Å². The number of benzene rings is 2. The largest absolute Gasteiger partial charge is 0.461 e. The Morgan fingerprint density at radius 2 is 1.84 bits per heavy atom. The first kappa shape index (κ1) is 17.5. The number of hydrogen-bond acceptors (Lipinski definition) is 3. The lowest BCUT2D eigenvalue weighted by molar-refractivity contribution is 0.0515. The van der Waals surface area contributed by atoms with Crippen LogP contribution in [0.25, 0.3) is 16.9 Å². The van der Waals surface area contributed by atoms with Gasteiger partial charge in [-0.15, -0.1) is 0 Å². The van der Waals surface area contributed by atoms with Crippen LogP contribution in [-0.2, 0) is 4.74 Å². The van der Waals surface area contributed by atoms with E-state index in [2.05, 4.69) is 5.10 Å². The number of rotatable bonds is 4. The molecular formula is C19H16Cl2N2O2. The molecule has 1 heterocycles. The van der Waals surface area contributed by atoms with Gasteiger partial charge in [0.15, 0.2) is 5.69 Å². The van der Waals surface area contributed by atoms with Gasteiger partial charge in [-0.3, -0.25) is 0 Å². The molecule has 3 rings (SSSR count). The van der Waals surface area contributed by atoms with E-state index in [9.17, 15) is 4.79 Å². The van der Waals surface area contributed by atoms with E-state index in [0.29, 0.717) is 27.1 Å². The lowest BCUT2D eigenvalue weighted by atomic mass is 10.1. The SMILES string of the molecule is CCOC(=O)c1c(C)c(-c2ccc(Cl)cc2)nn1-c1cccc(Cl)c1. The first-order valence-electron chi connectivity index (χ1n) is 7.80. The number of aromatic nitrogens is 2. The maximum Gasteiger partial charge on any atom is 0.357 e. The van der Waals surface area contributed by atoms with Crippen LogP contribution in [0.1, 0.15) is 23.0 Å². The Morgan fingerprint density at radius 3 is 2.48 bits per heavy atom. The molecule has 0 aliphatic heterocycles. The van der Waals surface area contributed by atoms with E-state index in [1.54, 1.807) is 35.9 Å². The van der Waals surface area contributed by atoms with Crippen molar-refractivity contribution in [3.63, 3.8) is 0 Å². The van der Waals surface area contributed by atoms with Gasteiger partial charge in [0.05, 0.1) is 18.0 Å². The molecule has 0 amide bonds. The summed E-state index contributed by atoms with van der Waals surface area (Å²) in [5.41, 5.74) is 3.38. The van der Waals surface area contributed by atoms with Crippen molar-refractivity contribution >= 4 is 29.2 Å². The zero-order valence-electron chi connectivity index (χ0n) is 13.8. The van der Waals surface area contributed by atoms with E-state index >= 15 is 0 Å². The molecule has 0 N–H and O–H groups in total. The average molecular weight is 375 g/mol. The summed E-state index contributed by atoms with van der Waals surface area (Å²) in [6.07, 6.45) is 0. The molecule has 0 saturated heterocycles. The topological polar surface area (TPSA) is 44.1 Å². The molecule has 128 valence electrons. The molecule has 0 fully saturated rings. The number of carbonyl (C=O) groups excluding carboxylic acids is 1. The summed E-state index contributed by atoms with van der Waals surface area (Å²) >= 11 is 12.1. The summed E-state index contributed by atoms with van der Waals surface area (Å²) in [5, 5.41) is 5.84. The molecule has 2 aromatic carbocycles. The van der Waals surface area contributed by atoms with Gasteiger partial charge in [0, 0.05) is 21.2 Å². The number of esters is 1. The molecule has 3 aromatic rings. The lowest BCUT2D eigenvalue weighted by Gasteiger charge is -2.08. The van der Waals surface area contributed by atoms with E-state index in [4.69, 9.17) is 27.9 Å². The third kappa shape index (κ3) is 3.55. The molecule has 25 heavy (non-hydrogen) atoms. The Hall–Kier alpha value is -2.30. The molecule has 4 nitrogen and oxygen atoms in total. The molecule has 1 aromatic heterocycles. The van der Waals surface area contributed by atoms with Crippen LogP contribution in [0.2, 0.25) is 10.0 Å². The summed E-state index contributed by atoms with van der Waals surface area (Å²) in [5.74, 6) is -0.423. The Kier molecular flexibility index (Phi) is 5.11. The van der Waals surface area contributed by atoms with Crippen molar-refractivity contribution in [3.05, 3.63) is 69.8 Å². The van der Waals surface area contributed by atoms with E-state index in [0.717, 1.165) is 11.1 Å². The van der Waals surface area contributed by atoms with E-state index in [1.165, 1.54) is 0 Å². The van der Waals surface area contributed by atoms with Crippen LogP contribution in [0.3, 0.4) is 0 Å². The van der Waals surface area contributed by atoms with Gasteiger partial charge >= 0.3 is 5.97 Å². The Balaban J connectivity index is 2.20. The van der Waals surface area contributed by atoms with E-state index < -0.39 is 5.97 Å². The summed E-state index contributed by atoms with van der Waals surface area (Å²) in [6.45, 7) is 3.91. The fraction of sp³-hybridized carbons (Fsp3) is 0.158. The Morgan fingerprint density at radius 1 is 1.12 bits per heavy atom. The van der Waals surface area contributed by atoms with Gasteiger partial charge in [-0.25, -0.2) is 9.48 Å². The molecule has 0 atom stereocenters. The monoisotopic (exact) mass is 374 g/mol. The van der Waals surface area contributed by atoms with Crippen LogP contribution in [0.5, 0.6) is 0 Å². The number of ether oxygens (including phenoxy) is 1. The fourth-order valence-electron chi connectivity index (χ4n) is 2.61. The van der Waals surface area contributed by atoms with Crippen molar-refractivity contribution in [1.29, 1.82) is 0 Å². The van der Waals surface area contributed by atoms with Gasteiger partial charge in [0.1, 0.15) is 0 Å². The van der Waals surface area contributed by atoms with Gasteiger partial charge in [0.25, 0.3) is 0 Å². The van der Waals surface area contributed by atoms with Crippen LogP contribution >= 0.6 is 23.2 Å². The second-order valence-electron chi connectivity index (χ2n) is 5.44. The van der Waals surface area contributed by atoms with Crippen LogP contribution in [0.15, 0.2) is 48.5 Å².